The number of aromatic hydroxyl groups is 1. The van der Waals surface area contributed by atoms with Crippen LogP contribution in [0.5, 0.6) is 5.75 Å². The van der Waals surface area contributed by atoms with E-state index in [0.717, 1.165) is 35.9 Å². The molecule has 3 aromatic carbocycles. The highest BCUT2D eigenvalue weighted by Gasteiger charge is 2.20. The zero-order valence-corrected chi connectivity index (χ0v) is 14.0. The van der Waals surface area contributed by atoms with E-state index < -0.39 is 21.5 Å². The van der Waals surface area contributed by atoms with E-state index in [1.807, 2.05) is 0 Å². The molecule has 0 unspecified atom stereocenters. The summed E-state index contributed by atoms with van der Waals surface area (Å²) < 4.78 is 52.6. The molecule has 0 heterocycles. The third-order valence-electron chi connectivity index (χ3n) is 3.82. The summed E-state index contributed by atoms with van der Waals surface area (Å²) in [5.74, 6) is -1.43. The molecule has 0 aliphatic heterocycles. The summed E-state index contributed by atoms with van der Waals surface area (Å²) in [6, 6.07) is 12.5. The van der Waals surface area contributed by atoms with Gasteiger partial charge in [-0.2, -0.15) is 0 Å². The minimum absolute atomic E-state index is 0.0965. The highest BCUT2D eigenvalue weighted by atomic mass is 32.2. The molecule has 0 spiro atoms. The molecule has 25 heavy (non-hydrogen) atoms. The normalized spacial score (nSPS) is 11.5. The average molecular weight is 360 g/mol. The standard InChI is InChI=1S/C19H14F2O3S/c1-12-2-9-19(22)17(10-12)16-8-7-15(11-18(16)21)25(23,24)14-5-3-13(20)4-6-14/h2-11,22H,1H3. The van der Waals surface area contributed by atoms with E-state index in [2.05, 4.69) is 0 Å². The van der Waals surface area contributed by atoms with Crippen LogP contribution >= 0.6 is 0 Å². The first-order valence-electron chi connectivity index (χ1n) is 7.39. The lowest BCUT2D eigenvalue weighted by Gasteiger charge is -2.10. The van der Waals surface area contributed by atoms with E-state index in [1.54, 1.807) is 19.1 Å². The Morgan fingerprint density at radius 1 is 0.800 bits per heavy atom. The molecule has 3 nitrogen and oxygen atoms in total. The van der Waals surface area contributed by atoms with E-state index in [0.29, 0.717) is 0 Å². The first kappa shape index (κ1) is 17.1. The van der Waals surface area contributed by atoms with E-state index in [4.69, 9.17) is 0 Å². The second kappa shape index (κ2) is 6.29. The number of benzene rings is 3. The maximum atomic E-state index is 14.5. The largest absolute Gasteiger partial charge is 0.507 e. The molecule has 3 aromatic rings. The maximum absolute atomic E-state index is 14.5. The Morgan fingerprint density at radius 2 is 1.44 bits per heavy atom. The minimum Gasteiger partial charge on any atom is -0.507 e. The Kier molecular flexibility index (Phi) is 4.30. The first-order chi connectivity index (χ1) is 11.8. The molecule has 0 radical (unpaired) electrons. The number of phenols is 1. The quantitative estimate of drug-likeness (QED) is 0.701. The van der Waals surface area contributed by atoms with Gasteiger partial charge in [-0.05, 0) is 61.5 Å². The van der Waals surface area contributed by atoms with E-state index >= 15 is 0 Å². The van der Waals surface area contributed by atoms with Gasteiger partial charge in [0.2, 0.25) is 9.84 Å². The number of aryl methyl sites for hydroxylation is 1. The van der Waals surface area contributed by atoms with Crippen LogP contribution in [0.15, 0.2) is 70.5 Å². The maximum Gasteiger partial charge on any atom is 0.206 e. The summed E-state index contributed by atoms with van der Waals surface area (Å²) in [5, 5.41) is 9.93. The van der Waals surface area contributed by atoms with Gasteiger partial charge in [-0.1, -0.05) is 11.6 Å². The van der Waals surface area contributed by atoms with Gasteiger partial charge in [0.1, 0.15) is 17.4 Å². The predicted octanol–water partition coefficient (Wildman–Crippen LogP) is 4.48. The second-order valence-corrected chi connectivity index (χ2v) is 7.57. The lowest BCUT2D eigenvalue weighted by Crippen LogP contribution is -2.03. The van der Waals surface area contributed by atoms with Crippen LogP contribution < -0.4 is 0 Å². The van der Waals surface area contributed by atoms with Crippen LogP contribution in [0.2, 0.25) is 0 Å². The third-order valence-corrected chi connectivity index (χ3v) is 5.58. The zero-order valence-electron chi connectivity index (χ0n) is 13.2. The fraction of sp³-hybridized carbons (Fsp3) is 0.0526. The van der Waals surface area contributed by atoms with Crippen LogP contribution in [0.4, 0.5) is 8.78 Å². The molecule has 0 atom stereocenters. The molecular weight excluding hydrogens is 346 g/mol. The molecule has 0 amide bonds. The Bertz CT molecular complexity index is 1040. The highest BCUT2D eigenvalue weighted by molar-refractivity contribution is 7.91. The van der Waals surface area contributed by atoms with Crippen LogP contribution in [-0.4, -0.2) is 13.5 Å². The molecule has 0 saturated heterocycles. The summed E-state index contributed by atoms with van der Waals surface area (Å²) in [7, 11) is -3.96. The van der Waals surface area contributed by atoms with Gasteiger partial charge in [0.25, 0.3) is 0 Å². The van der Waals surface area contributed by atoms with Crippen molar-refractivity contribution in [3.8, 4) is 16.9 Å². The van der Waals surface area contributed by atoms with Crippen molar-refractivity contribution in [3.05, 3.63) is 77.9 Å². The van der Waals surface area contributed by atoms with Gasteiger partial charge in [0.15, 0.2) is 0 Å². The SMILES string of the molecule is Cc1ccc(O)c(-c2ccc(S(=O)(=O)c3ccc(F)cc3)cc2F)c1. The Balaban J connectivity index is 2.08. The van der Waals surface area contributed by atoms with Gasteiger partial charge in [0, 0.05) is 11.1 Å². The van der Waals surface area contributed by atoms with Crippen molar-refractivity contribution in [1.29, 1.82) is 0 Å². The van der Waals surface area contributed by atoms with Gasteiger partial charge >= 0.3 is 0 Å². The third kappa shape index (κ3) is 3.25. The van der Waals surface area contributed by atoms with Crippen LogP contribution in [0.25, 0.3) is 11.1 Å². The second-order valence-electron chi connectivity index (χ2n) is 5.62. The Labute approximate surface area is 144 Å². The van der Waals surface area contributed by atoms with Crippen LogP contribution in [0.3, 0.4) is 0 Å². The summed E-state index contributed by atoms with van der Waals surface area (Å²) in [6.45, 7) is 1.80. The molecule has 0 aromatic heterocycles. The summed E-state index contributed by atoms with van der Waals surface area (Å²) in [5.41, 5.74) is 1.21. The van der Waals surface area contributed by atoms with Crippen molar-refractivity contribution in [2.45, 2.75) is 16.7 Å². The number of rotatable bonds is 3. The minimum atomic E-state index is -3.96. The summed E-state index contributed by atoms with van der Waals surface area (Å²) in [4.78, 5) is -0.369. The number of hydrogen-bond donors (Lipinski definition) is 1. The van der Waals surface area contributed by atoms with Gasteiger partial charge in [-0.25, -0.2) is 17.2 Å². The van der Waals surface area contributed by atoms with Gasteiger partial charge in [-0.3, -0.25) is 0 Å². The number of hydrogen-bond acceptors (Lipinski definition) is 3. The van der Waals surface area contributed by atoms with Crippen molar-refractivity contribution < 1.29 is 22.3 Å². The Morgan fingerprint density at radius 3 is 2.08 bits per heavy atom. The van der Waals surface area contributed by atoms with E-state index in [-0.39, 0.29) is 26.7 Å². The molecule has 3 rings (SSSR count). The number of sulfone groups is 1. The summed E-state index contributed by atoms with van der Waals surface area (Å²) in [6.07, 6.45) is 0. The van der Waals surface area contributed by atoms with Crippen molar-refractivity contribution in [3.63, 3.8) is 0 Å². The molecule has 128 valence electrons. The van der Waals surface area contributed by atoms with Crippen molar-refractivity contribution in [2.75, 3.05) is 0 Å². The molecule has 1 N–H and O–H groups in total. The highest BCUT2D eigenvalue weighted by Crippen LogP contribution is 2.33. The number of phenolic OH excluding ortho intramolecular Hbond substituents is 1. The van der Waals surface area contributed by atoms with Crippen molar-refractivity contribution >= 4 is 9.84 Å². The first-order valence-corrected chi connectivity index (χ1v) is 8.87. The lowest BCUT2D eigenvalue weighted by molar-refractivity contribution is 0.476. The molecule has 0 fully saturated rings. The van der Waals surface area contributed by atoms with Crippen LogP contribution in [-0.2, 0) is 9.84 Å². The van der Waals surface area contributed by atoms with Crippen LogP contribution in [0.1, 0.15) is 5.56 Å². The van der Waals surface area contributed by atoms with E-state index in [1.165, 1.54) is 18.2 Å². The van der Waals surface area contributed by atoms with Crippen molar-refractivity contribution in [2.24, 2.45) is 0 Å². The predicted molar refractivity (Wildman–Crippen MR) is 90.1 cm³/mol. The Hall–Kier alpha value is -2.73. The molecule has 6 heteroatoms. The van der Waals surface area contributed by atoms with Crippen molar-refractivity contribution in [1.82, 2.24) is 0 Å². The molecule has 0 bridgehead atoms. The lowest BCUT2D eigenvalue weighted by atomic mass is 10.0. The average Bonchev–Trinajstić information content (AvgIpc) is 2.57. The molecular formula is C19H14F2O3S. The smallest absolute Gasteiger partial charge is 0.206 e. The molecule has 0 aliphatic rings. The fourth-order valence-corrected chi connectivity index (χ4v) is 3.77. The topological polar surface area (TPSA) is 54.4 Å². The zero-order chi connectivity index (χ0) is 18.2. The van der Waals surface area contributed by atoms with E-state index in [9.17, 15) is 22.3 Å². The van der Waals surface area contributed by atoms with Gasteiger partial charge < -0.3 is 5.11 Å². The fourth-order valence-electron chi connectivity index (χ4n) is 2.50. The molecule has 0 saturated carbocycles. The van der Waals surface area contributed by atoms with Gasteiger partial charge in [-0.15, -0.1) is 0 Å². The summed E-state index contributed by atoms with van der Waals surface area (Å²) >= 11 is 0. The van der Waals surface area contributed by atoms with Crippen LogP contribution in [0, 0.1) is 18.6 Å². The monoisotopic (exact) mass is 360 g/mol. The molecule has 0 aliphatic carbocycles. The number of halogens is 2. The van der Waals surface area contributed by atoms with Gasteiger partial charge in [0.05, 0.1) is 9.79 Å².